The van der Waals surface area contributed by atoms with Gasteiger partial charge in [0.2, 0.25) is 5.91 Å². The van der Waals surface area contributed by atoms with E-state index in [-0.39, 0.29) is 12.3 Å². The van der Waals surface area contributed by atoms with E-state index in [4.69, 9.17) is 14.2 Å². The molecule has 0 bridgehead atoms. The highest BCUT2D eigenvalue weighted by Crippen LogP contribution is 2.34. The van der Waals surface area contributed by atoms with E-state index in [9.17, 15) is 4.79 Å². The molecular weight excluding hydrogens is 507 g/mol. The number of carbonyl (C=O) groups is 1. The summed E-state index contributed by atoms with van der Waals surface area (Å²) < 4.78 is 17.5. The molecule has 0 saturated heterocycles. The van der Waals surface area contributed by atoms with Gasteiger partial charge >= 0.3 is 0 Å². The topological polar surface area (TPSA) is 69.2 Å². The fourth-order valence-electron chi connectivity index (χ4n) is 2.83. The standard InChI is InChI=1S/C24H23IN2O4/c1-29-20-10-8-17(9-11-20)14-23(28)27-26-15-19-12-21(25)24(22(13-19)30-2)31-16-18-6-4-3-5-7-18/h3-13,15H,14,16H2,1-2H3,(H,27,28)/b26-15-. The monoisotopic (exact) mass is 530 g/mol. The normalized spacial score (nSPS) is 10.7. The molecule has 1 amide bonds. The van der Waals surface area contributed by atoms with Crippen molar-refractivity contribution in [1.82, 2.24) is 5.43 Å². The molecule has 0 saturated carbocycles. The molecule has 7 heteroatoms. The minimum Gasteiger partial charge on any atom is -0.497 e. The van der Waals surface area contributed by atoms with Crippen LogP contribution in [0.15, 0.2) is 71.8 Å². The molecule has 0 atom stereocenters. The highest BCUT2D eigenvalue weighted by molar-refractivity contribution is 14.1. The number of hydrogen-bond donors (Lipinski definition) is 1. The second-order valence-corrected chi connectivity index (χ2v) is 7.79. The van der Waals surface area contributed by atoms with E-state index in [1.165, 1.54) is 0 Å². The van der Waals surface area contributed by atoms with Gasteiger partial charge in [0.1, 0.15) is 12.4 Å². The molecule has 3 rings (SSSR count). The Bertz CT molecular complexity index is 1040. The van der Waals surface area contributed by atoms with E-state index in [1.54, 1.807) is 20.4 Å². The molecule has 0 heterocycles. The molecule has 1 N–H and O–H groups in total. The van der Waals surface area contributed by atoms with E-state index in [1.807, 2.05) is 66.7 Å². The van der Waals surface area contributed by atoms with Crippen LogP contribution in [-0.2, 0) is 17.8 Å². The van der Waals surface area contributed by atoms with Crippen LogP contribution in [0.2, 0.25) is 0 Å². The van der Waals surface area contributed by atoms with Gasteiger partial charge in [0, 0.05) is 0 Å². The van der Waals surface area contributed by atoms with E-state index in [0.29, 0.717) is 18.1 Å². The molecule has 31 heavy (non-hydrogen) atoms. The molecule has 0 aliphatic rings. The second-order valence-electron chi connectivity index (χ2n) is 6.63. The molecule has 0 aliphatic carbocycles. The number of nitrogens with zero attached hydrogens (tertiary/aromatic N) is 1. The van der Waals surface area contributed by atoms with E-state index >= 15 is 0 Å². The quantitative estimate of drug-likeness (QED) is 0.250. The lowest BCUT2D eigenvalue weighted by molar-refractivity contribution is -0.120. The zero-order valence-electron chi connectivity index (χ0n) is 17.3. The fourth-order valence-corrected chi connectivity index (χ4v) is 3.61. The maximum Gasteiger partial charge on any atom is 0.244 e. The number of hydrogen-bond acceptors (Lipinski definition) is 5. The van der Waals surface area contributed by atoms with E-state index < -0.39 is 0 Å². The molecule has 0 aromatic heterocycles. The summed E-state index contributed by atoms with van der Waals surface area (Å²) in [4.78, 5) is 12.1. The zero-order valence-corrected chi connectivity index (χ0v) is 19.5. The number of halogens is 1. The molecule has 6 nitrogen and oxygen atoms in total. The smallest absolute Gasteiger partial charge is 0.244 e. The van der Waals surface area contributed by atoms with Gasteiger partial charge in [-0.1, -0.05) is 42.5 Å². The van der Waals surface area contributed by atoms with Crippen LogP contribution in [0, 0.1) is 3.57 Å². The summed E-state index contributed by atoms with van der Waals surface area (Å²) in [5, 5.41) is 4.06. The van der Waals surface area contributed by atoms with Crippen molar-refractivity contribution >= 4 is 34.7 Å². The fraction of sp³-hybridized carbons (Fsp3) is 0.167. The van der Waals surface area contributed by atoms with Crippen molar-refractivity contribution in [2.75, 3.05) is 14.2 Å². The Hall–Kier alpha value is -3.07. The summed E-state index contributed by atoms with van der Waals surface area (Å²) in [5.74, 6) is 1.83. The van der Waals surface area contributed by atoms with Crippen LogP contribution in [0.1, 0.15) is 16.7 Å². The average molecular weight is 530 g/mol. The Balaban J connectivity index is 1.60. The minimum atomic E-state index is -0.203. The highest BCUT2D eigenvalue weighted by atomic mass is 127. The Morgan fingerprint density at radius 1 is 1.00 bits per heavy atom. The predicted octanol–water partition coefficient (Wildman–Crippen LogP) is 4.58. The Labute approximate surface area is 195 Å². The molecular formula is C24H23IN2O4. The first-order valence-electron chi connectivity index (χ1n) is 9.58. The van der Waals surface area contributed by atoms with Gasteiger partial charge in [-0.2, -0.15) is 5.10 Å². The number of hydrazone groups is 1. The maximum atomic E-state index is 12.1. The number of benzene rings is 3. The Morgan fingerprint density at radius 3 is 2.42 bits per heavy atom. The van der Waals surface area contributed by atoms with E-state index in [2.05, 4.69) is 33.1 Å². The van der Waals surface area contributed by atoms with Gasteiger partial charge in [0.05, 0.1) is 30.4 Å². The van der Waals surface area contributed by atoms with Crippen LogP contribution >= 0.6 is 22.6 Å². The van der Waals surface area contributed by atoms with Gasteiger partial charge in [-0.25, -0.2) is 5.43 Å². The summed E-state index contributed by atoms with van der Waals surface area (Å²) in [6.45, 7) is 0.446. The number of ether oxygens (including phenoxy) is 3. The third-order valence-electron chi connectivity index (χ3n) is 4.40. The molecule has 3 aromatic rings. The Morgan fingerprint density at radius 2 is 1.74 bits per heavy atom. The van der Waals surface area contributed by atoms with E-state index in [0.717, 1.165) is 26.0 Å². The van der Waals surface area contributed by atoms with Crippen LogP contribution in [0.5, 0.6) is 17.2 Å². The average Bonchev–Trinajstić information content (AvgIpc) is 2.79. The molecule has 3 aromatic carbocycles. The third-order valence-corrected chi connectivity index (χ3v) is 5.21. The van der Waals surface area contributed by atoms with Gasteiger partial charge in [0.25, 0.3) is 0 Å². The van der Waals surface area contributed by atoms with Crippen molar-refractivity contribution in [3.63, 3.8) is 0 Å². The summed E-state index contributed by atoms with van der Waals surface area (Å²) in [6, 6.07) is 21.0. The lowest BCUT2D eigenvalue weighted by Gasteiger charge is -2.13. The van der Waals surface area contributed by atoms with Gasteiger partial charge in [-0.3, -0.25) is 4.79 Å². The van der Waals surface area contributed by atoms with Gasteiger partial charge in [0.15, 0.2) is 11.5 Å². The molecule has 0 radical (unpaired) electrons. The number of carbonyl (C=O) groups excluding carboxylic acids is 1. The number of rotatable bonds is 9. The first-order valence-corrected chi connectivity index (χ1v) is 10.7. The van der Waals surface area contributed by atoms with Crippen LogP contribution in [0.4, 0.5) is 0 Å². The first-order chi connectivity index (χ1) is 15.1. The van der Waals surface area contributed by atoms with Crippen molar-refractivity contribution in [2.24, 2.45) is 5.10 Å². The van der Waals surface area contributed by atoms with Crippen LogP contribution in [0.25, 0.3) is 0 Å². The van der Waals surface area contributed by atoms with Crippen molar-refractivity contribution in [3.05, 3.63) is 87.0 Å². The third kappa shape index (κ3) is 6.71. The SMILES string of the molecule is COc1ccc(CC(=O)N/N=C\c2cc(I)c(OCc3ccccc3)c(OC)c2)cc1. The summed E-state index contributed by atoms with van der Waals surface area (Å²) >= 11 is 2.20. The van der Waals surface area contributed by atoms with Gasteiger partial charge in [-0.15, -0.1) is 0 Å². The van der Waals surface area contributed by atoms with Crippen LogP contribution < -0.4 is 19.6 Å². The zero-order chi connectivity index (χ0) is 22.1. The molecule has 0 spiro atoms. The first kappa shape index (κ1) is 22.6. The number of nitrogens with one attached hydrogen (secondary N) is 1. The second kappa shape index (κ2) is 11.4. The van der Waals surface area contributed by atoms with Crippen LogP contribution in [-0.4, -0.2) is 26.3 Å². The molecule has 0 aliphatic heterocycles. The highest BCUT2D eigenvalue weighted by Gasteiger charge is 2.11. The van der Waals surface area contributed by atoms with Gasteiger partial charge in [-0.05, 0) is 63.5 Å². The summed E-state index contributed by atoms with van der Waals surface area (Å²) in [6.07, 6.45) is 1.81. The predicted molar refractivity (Wildman–Crippen MR) is 129 cm³/mol. The molecule has 160 valence electrons. The largest absolute Gasteiger partial charge is 0.497 e. The Kier molecular flexibility index (Phi) is 8.28. The summed E-state index contributed by atoms with van der Waals surface area (Å²) in [7, 11) is 3.20. The lowest BCUT2D eigenvalue weighted by Crippen LogP contribution is -2.19. The lowest BCUT2D eigenvalue weighted by atomic mass is 10.1. The molecule has 0 fully saturated rings. The van der Waals surface area contributed by atoms with Crippen molar-refractivity contribution in [2.45, 2.75) is 13.0 Å². The summed E-state index contributed by atoms with van der Waals surface area (Å²) in [5.41, 5.74) is 5.29. The van der Waals surface area contributed by atoms with Crippen molar-refractivity contribution < 1.29 is 19.0 Å². The minimum absolute atomic E-state index is 0.203. The number of amides is 1. The van der Waals surface area contributed by atoms with Crippen LogP contribution in [0.3, 0.4) is 0 Å². The van der Waals surface area contributed by atoms with Gasteiger partial charge < -0.3 is 14.2 Å². The number of methoxy groups -OCH3 is 2. The van der Waals surface area contributed by atoms with Crippen molar-refractivity contribution in [1.29, 1.82) is 0 Å². The van der Waals surface area contributed by atoms with Crippen molar-refractivity contribution in [3.8, 4) is 17.2 Å². The molecule has 0 unspecified atom stereocenters. The maximum absolute atomic E-state index is 12.1.